The topological polar surface area (TPSA) is 78.5 Å². The van der Waals surface area contributed by atoms with Crippen LogP contribution < -0.4 is 10.6 Å². The summed E-state index contributed by atoms with van der Waals surface area (Å²) in [5.41, 5.74) is 0. The molecule has 3 amide bonds. The Bertz CT molecular complexity index is 264. The standard InChI is InChI=1S/C10H19N3O3/c1-8(14)5-4-6-11-10(16)12-7-9(15)13(2)3/h4-7H2,1-3H3,(H2,11,12,16). The predicted octanol–water partition coefficient (Wildman–Crippen LogP) is -0.257. The van der Waals surface area contributed by atoms with Gasteiger partial charge in [-0.15, -0.1) is 0 Å². The van der Waals surface area contributed by atoms with E-state index in [0.717, 1.165) is 0 Å². The molecule has 6 nitrogen and oxygen atoms in total. The minimum atomic E-state index is -0.390. The zero-order valence-electron chi connectivity index (χ0n) is 10.0. The molecule has 0 aliphatic carbocycles. The summed E-state index contributed by atoms with van der Waals surface area (Å²) in [7, 11) is 3.24. The molecule has 0 bridgehead atoms. The average Bonchev–Trinajstić information content (AvgIpc) is 2.20. The van der Waals surface area contributed by atoms with E-state index in [1.54, 1.807) is 14.1 Å². The number of nitrogens with one attached hydrogen (secondary N) is 2. The van der Waals surface area contributed by atoms with E-state index in [1.807, 2.05) is 0 Å². The molecule has 16 heavy (non-hydrogen) atoms. The lowest BCUT2D eigenvalue weighted by molar-refractivity contribution is -0.127. The third kappa shape index (κ3) is 7.78. The molecule has 0 saturated carbocycles. The molecular weight excluding hydrogens is 210 g/mol. The summed E-state index contributed by atoms with van der Waals surface area (Å²) < 4.78 is 0. The van der Waals surface area contributed by atoms with E-state index in [-0.39, 0.29) is 18.2 Å². The lowest BCUT2D eigenvalue weighted by atomic mass is 10.2. The smallest absolute Gasteiger partial charge is 0.315 e. The van der Waals surface area contributed by atoms with Gasteiger partial charge in [-0.3, -0.25) is 4.79 Å². The van der Waals surface area contributed by atoms with Gasteiger partial charge >= 0.3 is 6.03 Å². The second-order valence-corrected chi connectivity index (χ2v) is 3.70. The SMILES string of the molecule is CC(=O)CCCNC(=O)NCC(=O)N(C)C. The van der Waals surface area contributed by atoms with Gasteiger partial charge in [0.25, 0.3) is 0 Å². The largest absolute Gasteiger partial charge is 0.347 e. The Morgan fingerprint density at radius 3 is 2.25 bits per heavy atom. The van der Waals surface area contributed by atoms with Crippen LogP contribution in [0.25, 0.3) is 0 Å². The Morgan fingerprint density at radius 1 is 1.12 bits per heavy atom. The van der Waals surface area contributed by atoms with Crippen LogP contribution in [-0.4, -0.2) is 49.8 Å². The van der Waals surface area contributed by atoms with Crippen LogP contribution in [0.3, 0.4) is 0 Å². The number of Topliss-reactive ketones (excluding diaryl/α,β-unsaturated/α-hetero) is 1. The van der Waals surface area contributed by atoms with Crippen LogP contribution in [0.4, 0.5) is 4.79 Å². The molecule has 0 aromatic heterocycles. The molecule has 0 spiro atoms. The summed E-state index contributed by atoms with van der Waals surface area (Å²) in [6, 6.07) is -0.390. The van der Waals surface area contributed by atoms with E-state index in [0.29, 0.717) is 19.4 Å². The van der Waals surface area contributed by atoms with E-state index in [2.05, 4.69) is 10.6 Å². The van der Waals surface area contributed by atoms with E-state index in [1.165, 1.54) is 11.8 Å². The molecule has 0 aliphatic rings. The predicted molar refractivity (Wildman–Crippen MR) is 60.0 cm³/mol. The number of urea groups is 1. The van der Waals surface area contributed by atoms with E-state index in [9.17, 15) is 14.4 Å². The average molecular weight is 229 g/mol. The molecule has 2 N–H and O–H groups in total. The highest BCUT2D eigenvalue weighted by Crippen LogP contribution is 1.87. The maximum absolute atomic E-state index is 11.1. The summed E-state index contributed by atoms with van der Waals surface area (Å²) in [6.45, 7) is 1.92. The zero-order chi connectivity index (χ0) is 12.6. The monoisotopic (exact) mass is 229 g/mol. The first kappa shape index (κ1) is 14.4. The number of nitrogens with zero attached hydrogens (tertiary/aromatic N) is 1. The highest BCUT2D eigenvalue weighted by Gasteiger charge is 2.05. The molecule has 0 aromatic carbocycles. The molecule has 0 rings (SSSR count). The van der Waals surface area contributed by atoms with Crippen LogP contribution in [0, 0.1) is 0 Å². The number of rotatable bonds is 6. The third-order valence-electron chi connectivity index (χ3n) is 1.89. The van der Waals surface area contributed by atoms with E-state index >= 15 is 0 Å². The summed E-state index contributed by atoms with van der Waals surface area (Å²) >= 11 is 0. The fourth-order valence-corrected chi connectivity index (χ4v) is 0.916. The molecule has 0 aromatic rings. The van der Waals surface area contributed by atoms with Crippen LogP contribution >= 0.6 is 0 Å². The quantitative estimate of drug-likeness (QED) is 0.616. The first-order chi connectivity index (χ1) is 7.43. The van der Waals surface area contributed by atoms with Gasteiger partial charge in [-0.25, -0.2) is 4.79 Å². The summed E-state index contributed by atoms with van der Waals surface area (Å²) in [6.07, 6.45) is 1.07. The minimum absolute atomic E-state index is 0.0223. The molecule has 0 atom stereocenters. The molecule has 0 aliphatic heterocycles. The van der Waals surface area contributed by atoms with Crippen LogP contribution in [0.5, 0.6) is 0 Å². The first-order valence-electron chi connectivity index (χ1n) is 5.14. The van der Waals surface area contributed by atoms with Gasteiger partial charge in [-0.2, -0.15) is 0 Å². The highest BCUT2D eigenvalue weighted by molar-refractivity contribution is 5.83. The van der Waals surface area contributed by atoms with Crippen molar-refractivity contribution in [3.63, 3.8) is 0 Å². The van der Waals surface area contributed by atoms with Crippen molar-refractivity contribution in [1.82, 2.24) is 15.5 Å². The van der Waals surface area contributed by atoms with Gasteiger partial charge in [-0.05, 0) is 13.3 Å². The third-order valence-corrected chi connectivity index (χ3v) is 1.89. The number of carbonyl (C=O) groups excluding carboxylic acids is 3. The molecule has 0 saturated heterocycles. The van der Waals surface area contributed by atoms with Gasteiger partial charge in [0.1, 0.15) is 5.78 Å². The van der Waals surface area contributed by atoms with Crippen molar-refractivity contribution in [3.8, 4) is 0 Å². The molecule has 0 heterocycles. The van der Waals surface area contributed by atoms with Crippen molar-refractivity contribution in [2.45, 2.75) is 19.8 Å². The summed E-state index contributed by atoms with van der Waals surface area (Å²) in [5, 5.41) is 4.99. The Kier molecular flexibility index (Phi) is 6.91. The van der Waals surface area contributed by atoms with E-state index < -0.39 is 6.03 Å². The van der Waals surface area contributed by atoms with Gasteiger partial charge < -0.3 is 20.3 Å². The van der Waals surface area contributed by atoms with Crippen molar-refractivity contribution < 1.29 is 14.4 Å². The Labute approximate surface area is 95.4 Å². The number of hydrogen-bond acceptors (Lipinski definition) is 3. The Morgan fingerprint density at radius 2 is 1.75 bits per heavy atom. The van der Waals surface area contributed by atoms with Gasteiger partial charge in [0.2, 0.25) is 5.91 Å². The maximum Gasteiger partial charge on any atom is 0.315 e. The van der Waals surface area contributed by atoms with Crippen LogP contribution in [0.1, 0.15) is 19.8 Å². The first-order valence-corrected chi connectivity index (χ1v) is 5.14. The van der Waals surface area contributed by atoms with Crippen molar-refractivity contribution in [3.05, 3.63) is 0 Å². The number of ketones is 1. The van der Waals surface area contributed by atoms with Crippen molar-refractivity contribution in [2.24, 2.45) is 0 Å². The summed E-state index contributed by atoms with van der Waals surface area (Å²) in [4.78, 5) is 34.2. The van der Waals surface area contributed by atoms with Gasteiger partial charge in [0.05, 0.1) is 6.54 Å². The molecule has 0 radical (unpaired) electrons. The lowest BCUT2D eigenvalue weighted by Crippen LogP contribution is -2.41. The van der Waals surface area contributed by atoms with Gasteiger partial charge in [0.15, 0.2) is 0 Å². The van der Waals surface area contributed by atoms with E-state index in [4.69, 9.17) is 0 Å². The minimum Gasteiger partial charge on any atom is -0.347 e. The molecular formula is C10H19N3O3. The fraction of sp³-hybridized carbons (Fsp3) is 0.700. The van der Waals surface area contributed by atoms with Crippen molar-refractivity contribution in [1.29, 1.82) is 0 Å². The second kappa shape index (κ2) is 7.67. The normalized spacial score (nSPS) is 9.44. The second-order valence-electron chi connectivity index (χ2n) is 3.70. The van der Waals surface area contributed by atoms with Crippen LogP contribution in [0.15, 0.2) is 0 Å². The molecule has 0 fully saturated rings. The maximum atomic E-state index is 11.1. The molecule has 92 valence electrons. The molecule has 6 heteroatoms. The highest BCUT2D eigenvalue weighted by atomic mass is 16.2. The summed E-state index contributed by atoms with van der Waals surface area (Å²) in [5.74, 6) is -0.0659. The van der Waals surface area contributed by atoms with Crippen LogP contribution in [-0.2, 0) is 9.59 Å². The van der Waals surface area contributed by atoms with Crippen LogP contribution in [0.2, 0.25) is 0 Å². The Hall–Kier alpha value is -1.59. The van der Waals surface area contributed by atoms with Crippen molar-refractivity contribution >= 4 is 17.7 Å². The lowest BCUT2D eigenvalue weighted by Gasteiger charge is -2.11. The van der Waals surface area contributed by atoms with Gasteiger partial charge in [0, 0.05) is 27.1 Å². The number of carbonyl (C=O) groups is 3. The number of amides is 3. The number of hydrogen-bond donors (Lipinski definition) is 2. The van der Waals surface area contributed by atoms with Crippen molar-refractivity contribution in [2.75, 3.05) is 27.2 Å². The van der Waals surface area contributed by atoms with Gasteiger partial charge in [-0.1, -0.05) is 0 Å². The zero-order valence-corrected chi connectivity index (χ0v) is 10.0. The Balaban J connectivity index is 3.52. The number of likely N-dealkylation sites (N-methyl/N-ethyl adjacent to an activating group) is 1. The molecule has 0 unspecified atom stereocenters. The fourth-order valence-electron chi connectivity index (χ4n) is 0.916.